The number of hydrogen-bond donors (Lipinski definition) is 2. The molecule has 1 amide bonds. The van der Waals surface area contributed by atoms with Gasteiger partial charge in [0.2, 0.25) is 0 Å². The molecule has 2 aromatic rings. The smallest absolute Gasteiger partial charge is 0.251 e. The lowest BCUT2D eigenvalue weighted by atomic mass is 10.1. The lowest BCUT2D eigenvalue weighted by Gasteiger charge is -2.13. The topological polar surface area (TPSA) is 55.1 Å². The fraction of sp³-hybridized carbons (Fsp3) is 0.133. The Hall–Kier alpha value is -1.84. The van der Waals surface area contributed by atoms with Gasteiger partial charge < -0.3 is 11.1 Å². The third-order valence-corrected chi connectivity index (χ3v) is 3.03. The quantitative estimate of drug-likeness (QED) is 0.901. The van der Waals surface area contributed by atoms with Gasteiger partial charge in [0.15, 0.2) is 0 Å². The van der Waals surface area contributed by atoms with Crippen LogP contribution < -0.4 is 11.1 Å². The van der Waals surface area contributed by atoms with Crippen molar-refractivity contribution in [2.75, 3.05) is 6.54 Å². The summed E-state index contributed by atoms with van der Waals surface area (Å²) >= 11 is 5.84. The highest BCUT2D eigenvalue weighted by atomic mass is 35.5. The van der Waals surface area contributed by atoms with E-state index in [0.29, 0.717) is 17.1 Å². The molecule has 1 atom stereocenters. The summed E-state index contributed by atoms with van der Waals surface area (Å²) in [6.07, 6.45) is 0. The van der Waals surface area contributed by atoms with Crippen LogP contribution in [0.25, 0.3) is 0 Å². The van der Waals surface area contributed by atoms with Gasteiger partial charge in [0.25, 0.3) is 5.91 Å². The Balaban J connectivity index is 1.94. The zero-order chi connectivity index (χ0) is 13.7. The molecule has 98 valence electrons. The number of benzene rings is 2. The summed E-state index contributed by atoms with van der Waals surface area (Å²) < 4.78 is 0. The Labute approximate surface area is 117 Å². The highest BCUT2D eigenvalue weighted by molar-refractivity contribution is 6.30. The van der Waals surface area contributed by atoms with Crippen LogP contribution in [0.1, 0.15) is 22.0 Å². The molecule has 0 spiro atoms. The number of hydrogen-bond acceptors (Lipinski definition) is 2. The molecule has 0 aromatic heterocycles. The van der Waals surface area contributed by atoms with Crippen molar-refractivity contribution in [2.24, 2.45) is 5.73 Å². The van der Waals surface area contributed by atoms with Crippen LogP contribution in [-0.2, 0) is 0 Å². The zero-order valence-electron chi connectivity index (χ0n) is 10.3. The van der Waals surface area contributed by atoms with Gasteiger partial charge in [-0.1, -0.05) is 48.0 Å². The predicted octanol–water partition coefficient (Wildman–Crippen LogP) is 2.77. The largest absolute Gasteiger partial charge is 0.350 e. The minimum absolute atomic E-state index is 0.172. The number of halogens is 1. The van der Waals surface area contributed by atoms with Gasteiger partial charge in [-0.3, -0.25) is 4.79 Å². The maximum absolute atomic E-state index is 11.9. The minimum atomic E-state index is -0.218. The van der Waals surface area contributed by atoms with E-state index in [0.717, 1.165) is 5.56 Å². The SMILES string of the molecule is NC(CNC(=O)c1cccc(Cl)c1)c1ccccc1. The molecule has 0 bridgehead atoms. The summed E-state index contributed by atoms with van der Waals surface area (Å²) in [6.45, 7) is 0.384. The van der Waals surface area contributed by atoms with Gasteiger partial charge >= 0.3 is 0 Å². The third kappa shape index (κ3) is 3.81. The first-order valence-electron chi connectivity index (χ1n) is 6.01. The minimum Gasteiger partial charge on any atom is -0.350 e. The maximum atomic E-state index is 11.9. The van der Waals surface area contributed by atoms with E-state index in [1.165, 1.54) is 0 Å². The van der Waals surface area contributed by atoms with Crippen molar-refractivity contribution in [2.45, 2.75) is 6.04 Å². The summed E-state index contributed by atoms with van der Waals surface area (Å²) in [7, 11) is 0. The van der Waals surface area contributed by atoms with Crippen molar-refractivity contribution in [3.05, 3.63) is 70.7 Å². The average Bonchev–Trinajstić information content (AvgIpc) is 2.45. The van der Waals surface area contributed by atoms with Crippen LogP contribution in [0.5, 0.6) is 0 Å². The van der Waals surface area contributed by atoms with Crippen LogP contribution in [0.3, 0.4) is 0 Å². The molecule has 0 aliphatic heterocycles. The van der Waals surface area contributed by atoms with E-state index >= 15 is 0 Å². The van der Waals surface area contributed by atoms with E-state index in [9.17, 15) is 4.79 Å². The van der Waals surface area contributed by atoms with Gasteiger partial charge in [0.05, 0.1) is 0 Å². The molecule has 2 aromatic carbocycles. The Morgan fingerprint density at radius 3 is 2.58 bits per heavy atom. The summed E-state index contributed by atoms with van der Waals surface area (Å²) in [5, 5.41) is 3.34. The Morgan fingerprint density at radius 2 is 1.89 bits per heavy atom. The number of rotatable bonds is 4. The van der Waals surface area contributed by atoms with E-state index in [4.69, 9.17) is 17.3 Å². The van der Waals surface area contributed by atoms with Crippen LogP contribution in [0.2, 0.25) is 5.02 Å². The summed E-state index contributed by atoms with van der Waals surface area (Å²) in [6, 6.07) is 16.3. The van der Waals surface area contributed by atoms with Crippen molar-refractivity contribution < 1.29 is 4.79 Å². The van der Waals surface area contributed by atoms with Crippen LogP contribution in [-0.4, -0.2) is 12.5 Å². The summed E-state index contributed by atoms with van der Waals surface area (Å²) in [4.78, 5) is 11.9. The van der Waals surface area contributed by atoms with Crippen molar-refractivity contribution in [1.29, 1.82) is 0 Å². The highest BCUT2D eigenvalue weighted by Crippen LogP contribution is 2.11. The van der Waals surface area contributed by atoms with Crippen molar-refractivity contribution in [3.63, 3.8) is 0 Å². The normalized spacial score (nSPS) is 11.9. The van der Waals surface area contributed by atoms with Crippen molar-refractivity contribution in [1.82, 2.24) is 5.32 Å². The zero-order valence-corrected chi connectivity index (χ0v) is 11.1. The lowest BCUT2D eigenvalue weighted by Crippen LogP contribution is -2.31. The standard InChI is InChI=1S/C15H15ClN2O/c16-13-8-4-7-12(9-13)15(19)18-10-14(17)11-5-2-1-3-6-11/h1-9,14H,10,17H2,(H,18,19). The van der Waals surface area contributed by atoms with Crippen molar-refractivity contribution in [3.8, 4) is 0 Å². The molecule has 3 nitrogen and oxygen atoms in total. The second-order valence-corrected chi connectivity index (χ2v) is 4.67. The summed E-state index contributed by atoms with van der Waals surface area (Å²) in [5.74, 6) is -0.172. The van der Waals surface area contributed by atoms with E-state index in [-0.39, 0.29) is 11.9 Å². The number of nitrogens with two attached hydrogens (primary N) is 1. The van der Waals surface area contributed by atoms with Crippen molar-refractivity contribution >= 4 is 17.5 Å². The molecule has 0 aliphatic carbocycles. The predicted molar refractivity (Wildman–Crippen MR) is 77.2 cm³/mol. The molecule has 0 saturated heterocycles. The number of carbonyl (C=O) groups excluding carboxylic acids is 1. The van der Waals surface area contributed by atoms with Gasteiger partial charge in [-0.05, 0) is 23.8 Å². The molecular formula is C15H15ClN2O. The number of amides is 1. The molecule has 0 aliphatic rings. The fourth-order valence-electron chi connectivity index (χ4n) is 1.75. The Kier molecular flexibility index (Phi) is 4.55. The van der Waals surface area contributed by atoms with E-state index in [1.54, 1.807) is 24.3 Å². The first kappa shape index (κ1) is 13.6. The third-order valence-electron chi connectivity index (χ3n) is 2.80. The molecule has 0 saturated carbocycles. The van der Waals surface area contributed by atoms with E-state index in [1.807, 2.05) is 30.3 Å². The van der Waals surface area contributed by atoms with Crippen LogP contribution in [0.15, 0.2) is 54.6 Å². The molecular weight excluding hydrogens is 260 g/mol. The van der Waals surface area contributed by atoms with E-state index < -0.39 is 0 Å². The molecule has 4 heteroatoms. The number of carbonyl (C=O) groups is 1. The second-order valence-electron chi connectivity index (χ2n) is 4.24. The molecule has 19 heavy (non-hydrogen) atoms. The van der Waals surface area contributed by atoms with Gasteiger partial charge in [0.1, 0.15) is 0 Å². The molecule has 0 radical (unpaired) electrons. The Morgan fingerprint density at radius 1 is 1.16 bits per heavy atom. The first-order chi connectivity index (χ1) is 9.16. The Bertz CT molecular complexity index is 557. The van der Waals surface area contributed by atoms with Crippen LogP contribution in [0.4, 0.5) is 0 Å². The number of nitrogens with one attached hydrogen (secondary N) is 1. The second kappa shape index (κ2) is 6.36. The van der Waals surface area contributed by atoms with Crippen LogP contribution in [0, 0.1) is 0 Å². The van der Waals surface area contributed by atoms with Gasteiger partial charge in [-0.2, -0.15) is 0 Å². The van der Waals surface area contributed by atoms with E-state index in [2.05, 4.69) is 5.32 Å². The fourth-order valence-corrected chi connectivity index (χ4v) is 1.94. The monoisotopic (exact) mass is 274 g/mol. The average molecular weight is 275 g/mol. The van der Waals surface area contributed by atoms with Gasteiger partial charge in [-0.15, -0.1) is 0 Å². The molecule has 2 rings (SSSR count). The summed E-state index contributed by atoms with van der Waals surface area (Å²) in [5.41, 5.74) is 7.54. The first-order valence-corrected chi connectivity index (χ1v) is 6.39. The van der Waals surface area contributed by atoms with Gasteiger partial charge in [0, 0.05) is 23.2 Å². The lowest BCUT2D eigenvalue weighted by molar-refractivity contribution is 0.0951. The molecule has 0 fully saturated rings. The maximum Gasteiger partial charge on any atom is 0.251 e. The molecule has 0 heterocycles. The van der Waals surface area contributed by atoms with Crippen LogP contribution >= 0.6 is 11.6 Å². The molecule has 3 N–H and O–H groups in total. The highest BCUT2D eigenvalue weighted by Gasteiger charge is 2.09. The van der Waals surface area contributed by atoms with Gasteiger partial charge in [-0.25, -0.2) is 0 Å². The molecule has 1 unspecified atom stereocenters.